The topological polar surface area (TPSA) is 99.4 Å². The first-order valence-electron chi connectivity index (χ1n) is 10.7. The summed E-state index contributed by atoms with van der Waals surface area (Å²) in [6, 6.07) is 6.65. The van der Waals surface area contributed by atoms with Crippen LogP contribution < -0.4 is 21.3 Å². The number of nitrogens with one attached hydrogen (secondary N) is 2. The van der Waals surface area contributed by atoms with Crippen LogP contribution in [-0.2, 0) is 4.79 Å². The van der Waals surface area contributed by atoms with E-state index < -0.39 is 11.7 Å². The van der Waals surface area contributed by atoms with Gasteiger partial charge in [0.05, 0.1) is 18.2 Å². The molecule has 9 heteroatoms. The minimum Gasteiger partial charge on any atom is -0.369 e. The van der Waals surface area contributed by atoms with Crippen molar-refractivity contribution in [3.05, 3.63) is 59.9 Å². The minimum absolute atomic E-state index is 0.00247. The standard InChI is InChI=1S/C23H28FN7O/c1-15-13-16(7-8-20(15)31-11-9-30(2)10-12-31)27-23-26-14-18(24)22(29-23)28-19-6-4-3-5-17(19)21(25)32/h3-4,7-8,13-14H,5-6,9-12H2,1-2H3,(H2,25,32)(H2,26,27,28,29). The predicted molar refractivity (Wildman–Crippen MR) is 124 cm³/mol. The highest BCUT2D eigenvalue weighted by Crippen LogP contribution is 2.31. The Morgan fingerprint density at radius 3 is 2.59 bits per heavy atom. The molecule has 0 unspecified atom stereocenters. The molecule has 0 bridgehead atoms. The lowest BCUT2D eigenvalue weighted by Gasteiger charge is -2.35. The number of hydrogen-bond donors (Lipinski definition) is 3. The molecule has 4 N–H and O–H groups in total. The Bertz CT molecular complexity index is 1000. The monoisotopic (exact) mass is 437 g/mol. The fourth-order valence-corrected chi connectivity index (χ4v) is 3.95. The third-order valence-electron chi connectivity index (χ3n) is 5.78. The highest BCUT2D eigenvalue weighted by atomic mass is 19.1. The van der Waals surface area contributed by atoms with E-state index in [0.29, 0.717) is 24.8 Å². The number of aryl methyl sites for hydroxylation is 1. The van der Waals surface area contributed by atoms with Crippen LogP contribution in [0.1, 0.15) is 18.4 Å². The Morgan fingerprint density at radius 2 is 1.88 bits per heavy atom. The van der Waals surface area contributed by atoms with Crippen LogP contribution in [0.25, 0.3) is 0 Å². The molecule has 2 heterocycles. The van der Waals surface area contributed by atoms with Crippen molar-refractivity contribution in [3.63, 3.8) is 0 Å². The summed E-state index contributed by atoms with van der Waals surface area (Å²) in [4.78, 5) is 24.7. The molecule has 0 atom stereocenters. The van der Waals surface area contributed by atoms with E-state index in [9.17, 15) is 9.18 Å². The molecule has 1 aromatic carbocycles. The van der Waals surface area contributed by atoms with Crippen molar-refractivity contribution >= 4 is 29.0 Å². The first-order valence-corrected chi connectivity index (χ1v) is 10.7. The maximum atomic E-state index is 14.4. The lowest BCUT2D eigenvalue weighted by atomic mass is 9.88. The molecule has 1 aliphatic heterocycles. The van der Waals surface area contributed by atoms with Crippen LogP contribution in [0, 0.1) is 24.7 Å². The van der Waals surface area contributed by atoms with Gasteiger partial charge in [-0.2, -0.15) is 4.98 Å². The number of nitrogens with two attached hydrogens (primary N) is 1. The van der Waals surface area contributed by atoms with Gasteiger partial charge < -0.3 is 26.2 Å². The van der Waals surface area contributed by atoms with Gasteiger partial charge in [-0.15, -0.1) is 0 Å². The number of carbonyl (C=O) groups excluding carboxylic acids is 1. The second kappa shape index (κ2) is 9.52. The number of rotatable bonds is 6. The smallest absolute Gasteiger partial charge is 0.229 e. The van der Waals surface area contributed by atoms with Gasteiger partial charge in [-0.3, -0.25) is 4.79 Å². The Hall–Kier alpha value is -3.20. The molecular weight excluding hydrogens is 409 g/mol. The van der Waals surface area contributed by atoms with Crippen LogP contribution in [0.2, 0.25) is 0 Å². The Labute approximate surface area is 187 Å². The third kappa shape index (κ3) is 4.99. The van der Waals surface area contributed by atoms with E-state index in [1.807, 2.05) is 24.3 Å². The SMILES string of the molecule is Cc1cc(Nc2ncc(F)c(N[C]3CC=CC[C]3C(N)=O)n2)ccc1N1CCN(C)CC1. The molecular formula is C23H28FN7O. The van der Waals surface area contributed by atoms with E-state index in [1.165, 1.54) is 5.69 Å². The summed E-state index contributed by atoms with van der Waals surface area (Å²) >= 11 is 0. The Morgan fingerprint density at radius 1 is 1.12 bits per heavy atom. The lowest BCUT2D eigenvalue weighted by molar-refractivity contribution is -0.116. The zero-order valence-electron chi connectivity index (χ0n) is 18.4. The lowest BCUT2D eigenvalue weighted by Crippen LogP contribution is -2.44. The zero-order valence-corrected chi connectivity index (χ0v) is 18.4. The Balaban J connectivity index is 1.47. The molecule has 4 rings (SSSR count). The van der Waals surface area contributed by atoms with Crippen LogP contribution >= 0.6 is 0 Å². The number of likely N-dealkylation sites (N-methyl/N-ethyl adjacent to an activating group) is 1. The number of amides is 1. The maximum Gasteiger partial charge on any atom is 0.229 e. The van der Waals surface area contributed by atoms with Crippen LogP contribution in [0.4, 0.5) is 27.5 Å². The first kappa shape index (κ1) is 22.0. The summed E-state index contributed by atoms with van der Waals surface area (Å²) in [6.07, 6.45) is 5.73. The second-order valence-corrected chi connectivity index (χ2v) is 8.13. The number of carbonyl (C=O) groups is 1. The normalized spacial score (nSPS) is 18.0. The van der Waals surface area contributed by atoms with Gasteiger partial charge in [-0.1, -0.05) is 12.2 Å². The van der Waals surface area contributed by atoms with Gasteiger partial charge in [0.15, 0.2) is 11.6 Å². The van der Waals surface area contributed by atoms with Crippen molar-refractivity contribution in [2.45, 2.75) is 19.8 Å². The van der Waals surface area contributed by atoms with Gasteiger partial charge in [-0.05, 0) is 50.6 Å². The van der Waals surface area contributed by atoms with Gasteiger partial charge in [0.1, 0.15) is 0 Å². The highest BCUT2D eigenvalue weighted by molar-refractivity contribution is 5.93. The molecule has 0 saturated carbocycles. The van der Waals surface area contributed by atoms with Gasteiger partial charge in [0.25, 0.3) is 0 Å². The Kier molecular flexibility index (Phi) is 6.55. The number of piperazine rings is 1. The number of primary amides is 1. The van der Waals surface area contributed by atoms with E-state index in [2.05, 4.69) is 50.4 Å². The van der Waals surface area contributed by atoms with Crippen LogP contribution in [-0.4, -0.2) is 54.0 Å². The van der Waals surface area contributed by atoms with E-state index in [0.717, 1.165) is 43.6 Å². The molecule has 2 aliphatic rings. The summed E-state index contributed by atoms with van der Waals surface area (Å²) < 4.78 is 14.4. The van der Waals surface area contributed by atoms with E-state index in [4.69, 9.17) is 5.73 Å². The van der Waals surface area contributed by atoms with Gasteiger partial charge in [0, 0.05) is 37.6 Å². The summed E-state index contributed by atoms with van der Waals surface area (Å²) in [7, 11) is 2.14. The van der Waals surface area contributed by atoms with Crippen molar-refractivity contribution in [1.82, 2.24) is 14.9 Å². The predicted octanol–water partition coefficient (Wildman–Crippen LogP) is 2.77. The summed E-state index contributed by atoms with van der Waals surface area (Å²) in [5.74, 6) is -0.454. The molecule has 1 fully saturated rings. The molecule has 8 nitrogen and oxygen atoms in total. The molecule has 0 spiro atoms. The number of anilines is 4. The molecule has 1 aliphatic carbocycles. The fraction of sp³-hybridized carbons (Fsp3) is 0.348. The second-order valence-electron chi connectivity index (χ2n) is 8.13. The maximum absolute atomic E-state index is 14.4. The van der Waals surface area contributed by atoms with Crippen molar-refractivity contribution < 1.29 is 9.18 Å². The van der Waals surface area contributed by atoms with Crippen molar-refractivity contribution in [1.29, 1.82) is 0 Å². The number of allylic oxidation sites excluding steroid dienone is 1. The molecule has 1 saturated heterocycles. The molecule has 32 heavy (non-hydrogen) atoms. The van der Waals surface area contributed by atoms with Crippen LogP contribution in [0.5, 0.6) is 0 Å². The number of hydrogen-bond acceptors (Lipinski definition) is 7. The largest absolute Gasteiger partial charge is 0.369 e. The van der Waals surface area contributed by atoms with E-state index in [1.54, 1.807) is 0 Å². The first-order chi connectivity index (χ1) is 15.4. The fourth-order valence-electron chi connectivity index (χ4n) is 3.95. The molecule has 168 valence electrons. The van der Waals surface area contributed by atoms with Crippen LogP contribution in [0.3, 0.4) is 0 Å². The number of halogens is 1. The number of nitrogens with zero attached hydrogens (tertiary/aromatic N) is 4. The zero-order chi connectivity index (χ0) is 22.7. The van der Waals surface area contributed by atoms with E-state index in [-0.39, 0.29) is 11.8 Å². The van der Waals surface area contributed by atoms with Crippen molar-refractivity contribution in [3.8, 4) is 0 Å². The van der Waals surface area contributed by atoms with Gasteiger partial charge >= 0.3 is 0 Å². The molecule has 2 radical (unpaired) electrons. The van der Waals surface area contributed by atoms with Gasteiger partial charge in [-0.25, -0.2) is 9.37 Å². The number of aromatic nitrogens is 2. The van der Waals surface area contributed by atoms with Gasteiger partial charge in [0.2, 0.25) is 11.9 Å². The summed E-state index contributed by atoms with van der Waals surface area (Å²) in [6.45, 7) is 6.16. The minimum atomic E-state index is -0.608. The summed E-state index contributed by atoms with van der Waals surface area (Å²) in [5.41, 5.74) is 8.62. The average molecular weight is 438 g/mol. The molecule has 2 aromatic rings. The highest BCUT2D eigenvalue weighted by Gasteiger charge is 2.30. The van der Waals surface area contributed by atoms with E-state index >= 15 is 0 Å². The number of benzene rings is 1. The van der Waals surface area contributed by atoms with Crippen LogP contribution in [0.15, 0.2) is 36.5 Å². The molecule has 1 amide bonds. The van der Waals surface area contributed by atoms with Crippen molar-refractivity contribution in [2.24, 2.45) is 5.73 Å². The average Bonchev–Trinajstić information content (AvgIpc) is 2.77. The quantitative estimate of drug-likeness (QED) is 0.598. The third-order valence-corrected chi connectivity index (χ3v) is 5.78. The molecule has 1 aromatic heterocycles. The van der Waals surface area contributed by atoms with Crippen molar-refractivity contribution in [2.75, 3.05) is 48.8 Å². The summed E-state index contributed by atoms with van der Waals surface area (Å²) in [5, 5.41) is 6.07.